The Bertz CT molecular complexity index is 2170. The van der Waals surface area contributed by atoms with Gasteiger partial charge in [0.2, 0.25) is 0 Å². The molecule has 2 nitrogen and oxygen atoms in total. The molecule has 0 aliphatic heterocycles. The Labute approximate surface area is 289 Å². The summed E-state index contributed by atoms with van der Waals surface area (Å²) in [5.74, 6) is 0.630. The largest absolute Gasteiger partial charge is 0.233 e. The quantitative estimate of drug-likeness (QED) is 0.118. The van der Waals surface area contributed by atoms with Gasteiger partial charge in [0.1, 0.15) is 0 Å². The van der Waals surface area contributed by atoms with Crippen LogP contribution in [0.3, 0.4) is 0 Å². The summed E-state index contributed by atoms with van der Waals surface area (Å²) < 4.78 is 0. The molecule has 49 heavy (non-hydrogen) atoms. The molecule has 7 aromatic rings. The fourth-order valence-corrected chi connectivity index (χ4v) is 6.11. The lowest BCUT2D eigenvalue weighted by molar-refractivity contribution is 1.44. The molecule has 0 atom stereocenters. The van der Waals surface area contributed by atoms with Crippen LogP contribution in [0.4, 0.5) is 0 Å². The molecule has 7 rings (SSSR count). The van der Waals surface area contributed by atoms with Crippen LogP contribution in [0.25, 0.3) is 50.2 Å². The number of benzene rings is 7. The van der Waals surface area contributed by atoms with Gasteiger partial charge in [-0.2, -0.15) is 0 Å². The van der Waals surface area contributed by atoms with Gasteiger partial charge < -0.3 is 0 Å². The number of hydrogen-bond acceptors (Lipinski definition) is 1. The van der Waals surface area contributed by atoms with Gasteiger partial charge in [0.15, 0.2) is 5.84 Å². The van der Waals surface area contributed by atoms with E-state index in [1.807, 2.05) is 67.6 Å². The van der Waals surface area contributed by atoms with Crippen molar-refractivity contribution in [3.05, 3.63) is 211 Å². The van der Waals surface area contributed by atoms with Gasteiger partial charge in [-0.05, 0) is 74.7 Å². The van der Waals surface area contributed by atoms with Crippen molar-refractivity contribution in [3.8, 4) is 44.5 Å². The van der Waals surface area contributed by atoms with Crippen molar-refractivity contribution < 1.29 is 0 Å². The molecule has 0 spiro atoms. The van der Waals surface area contributed by atoms with Gasteiger partial charge in [-0.1, -0.05) is 183 Å². The van der Waals surface area contributed by atoms with Gasteiger partial charge in [0.05, 0.1) is 5.70 Å². The van der Waals surface area contributed by atoms with Gasteiger partial charge in [-0.15, -0.1) is 0 Å². The maximum absolute atomic E-state index is 5.07. The highest BCUT2D eigenvalue weighted by molar-refractivity contribution is 6.13. The second kappa shape index (κ2) is 14.6. The molecule has 0 radical (unpaired) electrons. The summed E-state index contributed by atoms with van der Waals surface area (Å²) in [6.45, 7) is 6.29. The molecule has 0 saturated carbocycles. The van der Waals surface area contributed by atoms with Crippen LogP contribution in [0.5, 0.6) is 0 Å². The standard InChI is InChI=1S/C47H36N2/c1-34(36-18-8-3-9-19-36)48-47(42-26-16-7-17-27-42)49-35(2)37-28-30-41(31-29-37)46-44(39-22-12-5-13-23-39)32-43(38-20-10-4-11-21-38)33-45(46)40-24-14-6-15-25-40/h3-33H,1H2,2H3/b48-47-,49-35+. The molecular formula is C47H36N2. The zero-order valence-corrected chi connectivity index (χ0v) is 27.5. The van der Waals surface area contributed by atoms with Crippen molar-refractivity contribution in [2.45, 2.75) is 6.92 Å². The fraction of sp³-hybridized carbons (Fsp3) is 0.0213. The minimum Gasteiger partial charge on any atom is -0.233 e. The molecule has 0 amide bonds. The molecule has 0 unspecified atom stereocenters. The molecule has 7 aromatic carbocycles. The third-order valence-electron chi connectivity index (χ3n) is 8.66. The van der Waals surface area contributed by atoms with E-state index in [0.29, 0.717) is 11.5 Å². The highest BCUT2D eigenvalue weighted by atomic mass is 14.9. The van der Waals surface area contributed by atoms with E-state index in [1.54, 1.807) is 0 Å². The van der Waals surface area contributed by atoms with E-state index in [4.69, 9.17) is 9.98 Å². The lowest BCUT2D eigenvalue weighted by Gasteiger charge is -2.19. The Morgan fingerprint density at radius 2 is 0.816 bits per heavy atom. The highest BCUT2D eigenvalue weighted by Crippen LogP contribution is 2.43. The van der Waals surface area contributed by atoms with Crippen molar-refractivity contribution in [2.24, 2.45) is 9.98 Å². The summed E-state index contributed by atoms with van der Waals surface area (Å²) >= 11 is 0. The average molecular weight is 629 g/mol. The van der Waals surface area contributed by atoms with Crippen molar-refractivity contribution in [2.75, 3.05) is 0 Å². The summed E-state index contributed by atoms with van der Waals surface area (Å²) in [4.78, 5) is 9.97. The van der Waals surface area contributed by atoms with E-state index in [0.717, 1.165) is 28.0 Å². The van der Waals surface area contributed by atoms with Crippen LogP contribution in [0.2, 0.25) is 0 Å². The Morgan fingerprint density at radius 1 is 0.388 bits per heavy atom. The van der Waals surface area contributed by atoms with Crippen LogP contribution in [-0.2, 0) is 0 Å². The zero-order chi connectivity index (χ0) is 33.4. The van der Waals surface area contributed by atoms with E-state index in [9.17, 15) is 0 Å². The summed E-state index contributed by atoms with van der Waals surface area (Å²) in [5, 5.41) is 0. The molecule has 0 aliphatic carbocycles. The molecule has 0 N–H and O–H groups in total. The van der Waals surface area contributed by atoms with Crippen molar-refractivity contribution in [1.29, 1.82) is 0 Å². The van der Waals surface area contributed by atoms with Crippen LogP contribution < -0.4 is 0 Å². The van der Waals surface area contributed by atoms with Gasteiger partial charge in [0.25, 0.3) is 0 Å². The molecule has 0 saturated heterocycles. The van der Waals surface area contributed by atoms with Crippen LogP contribution in [0, 0.1) is 0 Å². The van der Waals surface area contributed by atoms with Gasteiger partial charge in [-0.3, -0.25) is 0 Å². The molecular weight excluding hydrogens is 593 g/mol. The number of hydrogen-bond donors (Lipinski definition) is 0. The summed E-state index contributed by atoms with van der Waals surface area (Å²) in [6, 6.07) is 65.5. The van der Waals surface area contributed by atoms with Crippen molar-refractivity contribution >= 4 is 17.2 Å². The molecule has 0 heterocycles. The average Bonchev–Trinajstić information content (AvgIpc) is 3.19. The molecule has 0 aliphatic rings. The lowest BCUT2D eigenvalue weighted by Crippen LogP contribution is -2.04. The molecule has 0 aromatic heterocycles. The zero-order valence-electron chi connectivity index (χ0n) is 27.5. The SMILES string of the molecule is C=C(/N=C(\N=C(/C)c1ccc(-c2c(-c3ccccc3)cc(-c3ccccc3)cc2-c2ccccc2)cc1)c1ccccc1)c1ccccc1. The number of nitrogens with zero attached hydrogens (tertiary/aromatic N) is 2. The second-order valence-corrected chi connectivity index (χ2v) is 11.9. The monoisotopic (exact) mass is 628 g/mol. The minimum atomic E-state index is 0.630. The number of rotatable bonds is 8. The van der Waals surface area contributed by atoms with Crippen LogP contribution in [0.1, 0.15) is 23.6 Å². The normalized spacial score (nSPS) is 11.7. The lowest BCUT2D eigenvalue weighted by atomic mass is 9.84. The fourth-order valence-electron chi connectivity index (χ4n) is 6.11. The maximum Gasteiger partial charge on any atom is 0.160 e. The van der Waals surface area contributed by atoms with Crippen LogP contribution >= 0.6 is 0 Å². The van der Waals surface area contributed by atoms with Crippen LogP contribution in [-0.4, -0.2) is 11.5 Å². The second-order valence-electron chi connectivity index (χ2n) is 11.9. The Kier molecular flexibility index (Phi) is 9.30. The first-order valence-electron chi connectivity index (χ1n) is 16.5. The van der Waals surface area contributed by atoms with Gasteiger partial charge in [0, 0.05) is 11.3 Å². The highest BCUT2D eigenvalue weighted by Gasteiger charge is 2.17. The van der Waals surface area contributed by atoms with E-state index in [-0.39, 0.29) is 0 Å². The van der Waals surface area contributed by atoms with E-state index >= 15 is 0 Å². The molecule has 0 fully saturated rings. The Morgan fingerprint density at radius 3 is 1.31 bits per heavy atom. The first-order valence-corrected chi connectivity index (χ1v) is 16.5. The third-order valence-corrected chi connectivity index (χ3v) is 8.66. The summed E-state index contributed by atoms with van der Waals surface area (Å²) in [6.07, 6.45) is 0. The van der Waals surface area contributed by atoms with Gasteiger partial charge >= 0.3 is 0 Å². The summed E-state index contributed by atoms with van der Waals surface area (Å²) in [7, 11) is 0. The molecule has 0 bridgehead atoms. The van der Waals surface area contributed by atoms with Gasteiger partial charge in [-0.25, -0.2) is 9.98 Å². The Hall–Kier alpha value is -6.38. The maximum atomic E-state index is 5.07. The molecule has 234 valence electrons. The first-order chi connectivity index (χ1) is 24.1. The van der Waals surface area contributed by atoms with Crippen molar-refractivity contribution in [3.63, 3.8) is 0 Å². The van der Waals surface area contributed by atoms with E-state index in [2.05, 4.69) is 134 Å². The van der Waals surface area contributed by atoms with Crippen molar-refractivity contribution in [1.82, 2.24) is 0 Å². The van der Waals surface area contributed by atoms with E-state index in [1.165, 1.54) is 38.9 Å². The minimum absolute atomic E-state index is 0.630. The molecule has 2 heteroatoms. The van der Waals surface area contributed by atoms with E-state index < -0.39 is 0 Å². The topological polar surface area (TPSA) is 24.7 Å². The predicted molar refractivity (Wildman–Crippen MR) is 209 cm³/mol. The van der Waals surface area contributed by atoms with Crippen LogP contribution in [0.15, 0.2) is 205 Å². The summed E-state index contributed by atoms with van der Waals surface area (Å²) in [5.41, 5.74) is 13.9. The first kappa shape index (κ1) is 31.2. The number of aliphatic imine (C=N–C) groups is 2. The Balaban J connectivity index is 1.34. The number of amidine groups is 1. The third kappa shape index (κ3) is 7.15. The smallest absolute Gasteiger partial charge is 0.160 e. The predicted octanol–water partition coefficient (Wildman–Crippen LogP) is 12.3.